The largest absolute Gasteiger partial charge is 0.492 e. The number of ether oxygens (including phenoxy) is 2. The molecule has 1 aliphatic carbocycles. The lowest BCUT2D eigenvalue weighted by molar-refractivity contribution is -0.143. The second-order valence-electron chi connectivity index (χ2n) is 7.25. The Kier molecular flexibility index (Phi) is 7.91. The van der Waals surface area contributed by atoms with Crippen molar-refractivity contribution in [2.24, 2.45) is 5.92 Å². The fourth-order valence-corrected chi connectivity index (χ4v) is 3.70. The highest BCUT2D eigenvalue weighted by molar-refractivity contribution is 5.97. The summed E-state index contributed by atoms with van der Waals surface area (Å²) in [7, 11) is 1.64. The molecule has 1 aromatic carbocycles. The Morgan fingerprint density at radius 1 is 1.27 bits per heavy atom. The molecule has 0 spiro atoms. The number of rotatable bonds is 9. The number of methoxy groups -OCH3 is 1. The average molecular weight is 363 g/mol. The summed E-state index contributed by atoms with van der Waals surface area (Å²) in [5.41, 5.74) is 0.0807. The van der Waals surface area contributed by atoms with E-state index in [1.54, 1.807) is 7.11 Å². The van der Waals surface area contributed by atoms with Crippen molar-refractivity contribution in [3.63, 3.8) is 0 Å². The van der Waals surface area contributed by atoms with Gasteiger partial charge in [0, 0.05) is 19.3 Å². The van der Waals surface area contributed by atoms with E-state index in [0.29, 0.717) is 12.5 Å². The first-order valence-corrected chi connectivity index (χ1v) is 9.84. The molecule has 0 radical (unpaired) electrons. The van der Waals surface area contributed by atoms with Gasteiger partial charge in [0.25, 0.3) is 5.91 Å². The third-order valence-corrected chi connectivity index (χ3v) is 5.44. The monoisotopic (exact) mass is 362 g/mol. The zero-order valence-corrected chi connectivity index (χ0v) is 16.7. The van der Waals surface area contributed by atoms with Gasteiger partial charge in [0.15, 0.2) is 0 Å². The number of nitrogens with zero attached hydrogens (tertiary/aromatic N) is 1. The lowest BCUT2D eigenvalue weighted by atomic mass is 9.78. The van der Waals surface area contributed by atoms with Gasteiger partial charge in [-0.05, 0) is 62.5 Å². The predicted octanol–water partition coefficient (Wildman–Crippen LogP) is 3.94. The SMILES string of the molecule is CCN(CC)CCOc1ccc(NC(=O)[C@]2(OC)CCC[C@@H](C)C2)cc1. The van der Waals surface area contributed by atoms with E-state index < -0.39 is 5.60 Å². The number of carbonyl (C=O) groups is 1. The predicted molar refractivity (Wildman–Crippen MR) is 106 cm³/mol. The van der Waals surface area contributed by atoms with Crippen LogP contribution in [0.15, 0.2) is 24.3 Å². The van der Waals surface area contributed by atoms with Crippen LogP contribution < -0.4 is 10.1 Å². The van der Waals surface area contributed by atoms with Gasteiger partial charge in [0.2, 0.25) is 0 Å². The fourth-order valence-electron chi connectivity index (χ4n) is 3.70. The van der Waals surface area contributed by atoms with Crippen molar-refractivity contribution in [1.29, 1.82) is 0 Å². The first kappa shape index (κ1) is 20.7. The second kappa shape index (κ2) is 9.93. The number of hydrogen-bond donors (Lipinski definition) is 1. The van der Waals surface area contributed by atoms with E-state index >= 15 is 0 Å². The van der Waals surface area contributed by atoms with Gasteiger partial charge in [-0.25, -0.2) is 0 Å². The quantitative estimate of drug-likeness (QED) is 0.723. The molecule has 1 amide bonds. The van der Waals surface area contributed by atoms with Crippen LogP contribution in [0, 0.1) is 5.92 Å². The summed E-state index contributed by atoms with van der Waals surface area (Å²) >= 11 is 0. The van der Waals surface area contributed by atoms with E-state index in [2.05, 4.69) is 31.0 Å². The van der Waals surface area contributed by atoms with Crippen LogP contribution in [0.1, 0.15) is 46.5 Å². The Morgan fingerprint density at radius 2 is 1.96 bits per heavy atom. The van der Waals surface area contributed by atoms with Crippen LogP contribution in [-0.4, -0.2) is 49.8 Å². The van der Waals surface area contributed by atoms with Gasteiger partial charge >= 0.3 is 0 Å². The molecule has 0 heterocycles. The summed E-state index contributed by atoms with van der Waals surface area (Å²) < 4.78 is 11.5. The molecule has 1 saturated carbocycles. The summed E-state index contributed by atoms with van der Waals surface area (Å²) in [6, 6.07) is 7.59. The van der Waals surface area contributed by atoms with E-state index in [9.17, 15) is 4.79 Å². The molecule has 26 heavy (non-hydrogen) atoms. The van der Waals surface area contributed by atoms with Crippen molar-refractivity contribution in [3.05, 3.63) is 24.3 Å². The smallest absolute Gasteiger partial charge is 0.256 e. The Morgan fingerprint density at radius 3 is 2.54 bits per heavy atom. The number of carbonyl (C=O) groups excluding carboxylic acids is 1. The molecular formula is C21H34N2O3. The lowest BCUT2D eigenvalue weighted by Gasteiger charge is -2.37. The highest BCUT2D eigenvalue weighted by atomic mass is 16.5. The van der Waals surface area contributed by atoms with Crippen LogP contribution in [0.3, 0.4) is 0 Å². The summed E-state index contributed by atoms with van der Waals surface area (Å²) in [5.74, 6) is 1.29. The molecule has 2 rings (SSSR count). The van der Waals surface area contributed by atoms with Gasteiger partial charge in [-0.2, -0.15) is 0 Å². The van der Waals surface area contributed by atoms with Crippen LogP contribution in [-0.2, 0) is 9.53 Å². The van der Waals surface area contributed by atoms with E-state index in [0.717, 1.165) is 56.8 Å². The normalized spacial score (nSPS) is 23.0. The Labute approximate surface area is 158 Å². The van der Waals surface area contributed by atoms with Gasteiger partial charge in [-0.3, -0.25) is 4.79 Å². The molecule has 0 bridgehead atoms. The molecule has 5 heteroatoms. The molecule has 1 N–H and O–H groups in total. The number of hydrogen-bond acceptors (Lipinski definition) is 4. The van der Waals surface area contributed by atoms with Crippen molar-refractivity contribution in [2.75, 3.05) is 38.7 Å². The van der Waals surface area contributed by atoms with Crippen molar-refractivity contribution >= 4 is 11.6 Å². The molecule has 2 atom stereocenters. The maximum atomic E-state index is 12.8. The summed E-state index contributed by atoms with van der Waals surface area (Å²) in [6.07, 6.45) is 3.76. The molecule has 1 fully saturated rings. The van der Waals surface area contributed by atoms with E-state index in [1.165, 1.54) is 0 Å². The van der Waals surface area contributed by atoms with Crippen LogP contribution >= 0.6 is 0 Å². The van der Waals surface area contributed by atoms with Gasteiger partial charge < -0.3 is 19.7 Å². The summed E-state index contributed by atoms with van der Waals surface area (Å²) in [6.45, 7) is 10.1. The van der Waals surface area contributed by atoms with Gasteiger partial charge in [-0.15, -0.1) is 0 Å². The topological polar surface area (TPSA) is 50.8 Å². The number of likely N-dealkylation sites (N-methyl/N-ethyl adjacent to an activating group) is 1. The van der Waals surface area contributed by atoms with Crippen LogP contribution in [0.4, 0.5) is 5.69 Å². The second-order valence-corrected chi connectivity index (χ2v) is 7.25. The molecule has 0 aromatic heterocycles. The molecule has 1 aromatic rings. The van der Waals surface area contributed by atoms with Gasteiger partial charge in [0.1, 0.15) is 18.0 Å². The van der Waals surface area contributed by atoms with Crippen LogP contribution in [0.5, 0.6) is 5.75 Å². The zero-order valence-electron chi connectivity index (χ0n) is 16.7. The number of anilines is 1. The molecule has 0 aliphatic heterocycles. The molecule has 0 unspecified atom stereocenters. The Hall–Kier alpha value is -1.59. The molecule has 146 valence electrons. The molecule has 5 nitrogen and oxygen atoms in total. The minimum Gasteiger partial charge on any atom is -0.492 e. The first-order valence-electron chi connectivity index (χ1n) is 9.84. The molecule has 1 aliphatic rings. The fraction of sp³-hybridized carbons (Fsp3) is 0.667. The minimum atomic E-state index is -0.698. The first-order chi connectivity index (χ1) is 12.5. The molecular weight excluding hydrogens is 328 g/mol. The maximum Gasteiger partial charge on any atom is 0.256 e. The summed E-state index contributed by atoms with van der Waals surface area (Å²) in [4.78, 5) is 15.1. The highest BCUT2D eigenvalue weighted by Gasteiger charge is 2.41. The average Bonchev–Trinajstić information content (AvgIpc) is 2.66. The van der Waals surface area contributed by atoms with Crippen molar-refractivity contribution < 1.29 is 14.3 Å². The van der Waals surface area contributed by atoms with Crippen molar-refractivity contribution in [2.45, 2.75) is 52.1 Å². The Balaban J connectivity index is 1.88. The number of nitrogens with one attached hydrogen (secondary N) is 1. The van der Waals surface area contributed by atoms with Crippen molar-refractivity contribution in [3.8, 4) is 5.75 Å². The van der Waals surface area contributed by atoms with Crippen molar-refractivity contribution in [1.82, 2.24) is 4.90 Å². The zero-order chi connectivity index (χ0) is 19.0. The van der Waals surface area contributed by atoms with Gasteiger partial charge in [0.05, 0.1) is 0 Å². The molecule has 0 saturated heterocycles. The summed E-state index contributed by atoms with van der Waals surface area (Å²) in [5, 5.41) is 3.02. The minimum absolute atomic E-state index is 0.0400. The Bertz CT molecular complexity index is 557. The third kappa shape index (κ3) is 5.45. The number of benzene rings is 1. The van der Waals surface area contributed by atoms with Crippen LogP contribution in [0.2, 0.25) is 0 Å². The van der Waals surface area contributed by atoms with E-state index in [-0.39, 0.29) is 5.91 Å². The third-order valence-electron chi connectivity index (χ3n) is 5.44. The lowest BCUT2D eigenvalue weighted by Crippen LogP contribution is -2.47. The highest BCUT2D eigenvalue weighted by Crippen LogP contribution is 2.35. The van der Waals surface area contributed by atoms with E-state index in [1.807, 2.05) is 24.3 Å². The number of amides is 1. The standard InChI is InChI=1S/C21H34N2O3/c1-5-23(6-2)14-15-26-19-11-9-18(10-12-19)22-20(24)21(25-4)13-7-8-17(3)16-21/h9-12,17H,5-8,13-16H2,1-4H3,(H,22,24)/t17-,21+/m1/s1. The van der Waals surface area contributed by atoms with Gasteiger partial charge in [-0.1, -0.05) is 27.2 Å². The van der Waals surface area contributed by atoms with E-state index in [4.69, 9.17) is 9.47 Å². The van der Waals surface area contributed by atoms with Crippen LogP contribution in [0.25, 0.3) is 0 Å². The maximum absolute atomic E-state index is 12.8.